The molecule has 1 aliphatic heterocycles. The monoisotopic (exact) mass is 357 g/mol. The third-order valence-electron chi connectivity index (χ3n) is 5.04. The van der Waals surface area contributed by atoms with Crippen LogP contribution in [-0.4, -0.2) is 34.2 Å². The molecular formula is C18H19N3O3S. The Hall–Kier alpha value is -2.28. The van der Waals surface area contributed by atoms with Crippen LogP contribution in [0.4, 0.5) is 5.13 Å². The van der Waals surface area contributed by atoms with E-state index in [1.807, 2.05) is 24.3 Å². The maximum atomic E-state index is 12.4. The Morgan fingerprint density at radius 2 is 1.84 bits per heavy atom. The second kappa shape index (κ2) is 6.55. The Balaban J connectivity index is 1.37. The summed E-state index contributed by atoms with van der Waals surface area (Å²) in [6.45, 7) is 0.154. The van der Waals surface area contributed by atoms with Crippen LogP contribution < -0.4 is 5.32 Å². The van der Waals surface area contributed by atoms with Crippen LogP contribution in [-0.2, 0) is 14.4 Å². The van der Waals surface area contributed by atoms with E-state index in [0.717, 1.165) is 35.9 Å². The minimum Gasteiger partial charge on any atom is -0.302 e. The lowest BCUT2D eigenvalue weighted by Crippen LogP contribution is -2.34. The Bertz CT molecular complexity index is 790. The number of carbonyl (C=O) groups excluding carboxylic acids is 3. The molecule has 1 aromatic carbocycles. The number of hydrogen-bond donors (Lipinski definition) is 1. The van der Waals surface area contributed by atoms with Crippen LogP contribution >= 0.6 is 11.3 Å². The molecule has 130 valence electrons. The zero-order valence-electron chi connectivity index (χ0n) is 13.7. The smallest absolute Gasteiger partial charge is 0.233 e. The molecule has 2 aromatic rings. The molecule has 2 heterocycles. The van der Waals surface area contributed by atoms with E-state index in [-0.39, 0.29) is 42.5 Å². The highest BCUT2D eigenvalue weighted by Crippen LogP contribution is 2.38. The van der Waals surface area contributed by atoms with Crippen molar-refractivity contribution in [3.8, 4) is 0 Å². The number of amides is 3. The van der Waals surface area contributed by atoms with Gasteiger partial charge in [0.25, 0.3) is 0 Å². The van der Waals surface area contributed by atoms with Gasteiger partial charge < -0.3 is 5.32 Å². The molecule has 6 nitrogen and oxygen atoms in total. The summed E-state index contributed by atoms with van der Waals surface area (Å²) in [7, 11) is 0. The van der Waals surface area contributed by atoms with Gasteiger partial charge in [0.15, 0.2) is 5.13 Å². The van der Waals surface area contributed by atoms with E-state index in [2.05, 4.69) is 10.3 Å². The molecule has 3 amide bonds. The van der Waals surface area contributed by atoms with Gasteiger partial charge in [0, 0.05) is 13.0 Å². The largest absolute Gasteiger partial charge is 0.302 e. The molecule has 2 fully saturated rings. The highest BCUT2D eigenvalue weighted by molar-refractivity contribution is 7.22. The lowest BCUT2D eigenvalue weighted by atomic mass is 9.81. The average Bonchev–Trinajstić information content (AvgIpc) is 3.13. The van der Waals surface area contributed by atoms with Crippen LogP contribution in [0.2, 0.25) is 0 Å². The number of carbonyl (C=O) groups is 3. The quantitative estimate of drug-likeness (QED) is 0.854. The molecule has 1 saturated heterocycles. The molecule has 0 radical (unpaired) electrons. The second-order valence-corrected chi connectivity index (χ2v) is 7.64. The summed E-state index contributed by atoms with van der Waals surface area (Å²) in [5, 5.41) is 3.31. The number of aromatic nitrogens is 1. The molecule has 1 aliphatic carbocycles. The Morgan fingerprint density at radius 1 is 1.16 bits per heavy atom. The van der Waals surface area contributed by atoms with Gasteiger partial charge in [0.1, 0.15) is 0 Å². The molecule has 4 rings (SSSR count). The van der Waals surface area contributed by atoms with Gasteiger partial charge >= 0.3 is 0 Å². The van der Waals surface area contributed by atoms with E-state index in [1.54, 1.807) is 0 Å². The number of para-hydroxylation sites is 1. The molecule has 0 bridgehead atoms. The van der Waals surface area contributed by atoms with Crippen LogP contribution in [0.25, 0.3) is 10.2 Å². The maximum Gasteiger partial charge on any atom is 0.233 e. The Kier molecular flexibility index (Phi) is 4.25. The molecular weight excluding hydrogens is 338 g/mol. The normalized spacial score (nSPS) is 23.1. The van der Waals surface area contributed by atoms with Gasteiger partial charge in [-0.1, -0.05) is 36.3 Å². The van der Waals surface area contributed by atoms with Gasteiger partial charge in [-0.3, -0.25) is 19.3 Å². The highest BCUT2D eigenvalue weighted by atomic mass is 32.1. The predicted molar refractivity (Wildman–Crippen MR) is 95.0 cm³/mol. The number of rotatable bonds is 4. The first kappa shape index (κ1) is 16.2. The van der Waals surface area contributed by atoms with Gasteiger partial charge in [0.2, 0.25) is 17.7 Å². The SMILES string of the molecule is O=C(CCN1C(=O)[C@@H]2CCCC[C@H]2C1=O)Nc1nc2ccccc2s1. The van der Waals surface area contributed by atoms with Gasteiger partial charge in [-0.2, -0.15) is 0 Å². The molecule has 0 spiro atoms. The van der Waals surface area contributed by atoms with Crippen LogP contribution in [0, 0.1) is 11.8 Å². The molecule has 7 heteroatoms. The van der Waals surface area contributed by atoms with Crippen molar-refractivity contribution < 1.29 is 14.4 Å². The van der Waals surface area contributed by atoms with Crippen molar-refractivity contribution in [1.82, 2.24) is 9.88 Å². The van der Waals surface area contributed by atoms with Crippen molar-refractivity contribution in [1.29, 1.82) is 0 Å². The summed E-state index contributed by atoms with van der Waals surface area (Å²) in [6, 6.07) is 7.67. The zero-order chi connectivity index (χ0) is 17.4. The maximum absolute atomic E-state index is 12.4. The molecule has 1 aromatic heterocycles. The van der Waals surface area contributed by atoms with Crippen molar-refractivity contribution in [2.45, 2.75) is 32.1 Å². The second-order valence-electron chi connectivity index (χ2n) is 6.61. The first-order chi connectivity index (χ1) is 12.1. The fourth-order valence-electron chi connectivity index (χ4n) is 3.77. The van der Waals surface area contributed by atoms with Crippen molar-refractivity contribution >= 4 is 44.4 Å². The molecule has 0 unspecified atom stereocenters. The average molecular weight is 357 g/mol. The van der Waals surface area contributed by atoms with Crippen molar-refractivity contribution in [2.75, 3.05) is 11.9 Å². The summed E-state index contributed by atoms with van der Waals surface area (Å²) in [4.78, 5) is 42.6. The molecule has 25 heavy (non-hydrogen) atoms. The van der Waals surface area contributed by atoms with Crippen LogP contribution in [0.3, 0.4) is 0 Å². The molecule has 2 aliphatic rings. The summed E-state index contributed by atoms with van der Waals surface area (Å²) in [5.74, 6) is -0.735. The lowest BCUT2D eigenvalue weighted by Gasteiger charge is -2.19. The number of imide groups is 1. The number of likely N-dealkylation sites (tertiary alicyclic amines) is 1. The van der Waals surface area contributed by atoms with Crippen molar-refractivity contribution in [2.24, 2.45) is 11.8 Å². The van der Waals surface area contributed by atoms with Crippen LogP contribution in [0.15, 0.2) is 24.3 Å². The summed E-state index contributed by atoms with van der Waals surface area (Å²) in [5.41, 5.74) is 0.844. The standard InChI is InChI=1S/C18H19N3O3S/c22-15(20-18-19-13-7-3-4-8-14(13)25-18)9-10-21-16(23)11-5-1-2-6-12(11)17(21)24/h3-4,7-8,11-12H,1-2,5-6,9-10H2,(H,19,20,22)/t11-,12-/m1/s1. The molecule has 1 N–H and O–H groups in total. The minimum absolute atomic E-state index is 0.0949. The van der Waals surface area contributed by atoms with E-state index < -0.39 is 0 Å². The van der Waals surface area contributed by atoms with Crippen molar-refractivity contribution in [3.63, 3.8) is 0 Å². The summed E-state index contributed by atoms with van der Waals surface area (Å²) in [6.07, 6.45) is 3.71. The van der Waals surface area contributed by atoms with Crippen molar-refractivity contribution in [3.05, 3.63) is 24.3 Å². The number of hydrogen-bond acceptors (Lipinski definition) is 5. The van der Waals surface area contributed by atoms with E-state index in [9.17, 15) is 14.4 Å². The minimum atomic E-state index is -0.227. The summed E-state index contributed by atoms with van der Waals surface area (Å²) < 4.78 is 1.01. The highest BCUT2D eigenvalue weighted by Gasteiger charge is 2.47. The fourth-order valence-corrected chi connectivity index (χ4v) is 4.65. The van der Waals surface area contributed by atoms with Gasteiger partial charge in [-0.05, 0) is 25.0 Å². The van der Waals surface area contributed by atoms with Crippen LogP contribution in [0.1, 0.15) is 32.1 Å². The first-order valence-corrected chi connectivity index (χ1v) is 9.46. The number of benzene rings is 1. The van der Waals surface area contributed by atoms with E-state index >= 15 is 0 Å². The lowest BCUT2D eigenvalue weighted by molar-refractivity contribution is -0.140. The number of nitrogens with zero attached hydrogens (tertiary/aromatic N) is 2. The third kappa shape index (κ3) is 3.04. The zero-order valence-corrected chi connectivity index (χ0v) is 14.6. The number of anilines is 1. The Labute approximate surface area is 149 Å². The summed E-state index contributed by atoms with van der Waals surface area (Å²) >= 11 is 1.41. The van der Waals surface area contributed by atoms with Crippen LogP contribution in [0.5, 0.6) is 0 Å². The van der Waals surface area contributed by atoms with E-state index in [1.165, 1.54) is 16.2 Å². The number of thiazole rings is 1. The van der Waals surface area contributed by atoms with E-state index in [0.29, 0.717) is 5.13 Å². The van der Waals surface area contributed by atoms with Gasteiger partial charge in [-0.15, -0.1) is 0 Å². The number of fused-ring (bicyclic) bond motifs is 2. The van der Waals surface area contributed by atoms with Gasteiger partial charge in [-0.25, -0.2) is 4.98 Å². The van der Waals surface area contributed by atoms with E-state index in [4.69, 9.17) is 0 Å². The molecule has 2 atom stereocenters. The molecule has 1 saturated carbocycles. The third-order valence-corrected chi connectivity index (χ3v) is 5.99. The predicted octanol–water partition coefficient (Wildman–Crippen LogP) is 2.80. The topological polar surface area (TPSA) is 79.4 Å². The fraction of sp³-hybridized carbons (Fsp3) is 0.444. The Morgan fingerprint density at radius 3 is 2.52 bits per heavy atom. The number of nitrogens with one attached hydrogen (secondary N) is 1. The first-order valence-electron chi connectivity index (χ1n) is 8.64. The van der Waals surface area contributed by atoms with Gasteiger partial charge in [0.05, 0.1) is 22.1 Å².